The average Bonchev–Trinajstić information content (AvgIpc) is 2.68. The van der Waals surface area contributed by atoms with Crippen molar-refractivity contribution in [2.24, 2.45) is 5.10 Å². The fourth-order valence-corrected chi connectivity index (χ4v) is 2.80. The molecule has 0 saturated heterocycles. The summed E-state index contributed by atoms with van der Waals surface area (Å²) in [5, 5.41) is 4.30. The van der Waals surface area contributed by atoms with Gasteiger partial charge in [-0.05, 0) is 30.3 Å². The third kappa shape index (κ3) is 4.64. The number of nitrogens with one attached hydrogen (secondary N) is 1. The second kappa shape index (κ2) is 9.06. The summed E-state index contributed by atoms with van der Waals surface area (Å²) in [6, 6.07) is 23.5. The molecule has 0 amide bonds. The maximum atomic E-state index is 6.05. The van der Waals surface area contributed by atoms with Gasteiger partial charge in [0, 0.05) is 15.6 Å². The highest BCUT2D eigenvalue weighted by Gasteiger charge is 2.10. The number of hydrogen-bond acceptors (Lipinski definition) is 4. The van der Waals surface area contributed by atoms with Gasteiger partial charge in [-0.25, -0.2) is 0 Å². The van der Waals surface area contributed by atoms with Crippen molar-refractivity contribution >= 4 is 27.8 Å². The quantitative estimate of drug-likeness (QED) is 0.414. The zero-order valence-electron chi connectivity index (χ0n) is 14.4. The lowest BCUT2D eigenvalue weighted by Crippen LogP contribution is -2.02. The van der Waals surface area contributed by atoms with Gasteiger partial charge in [0.25, 0.3) is 0 Å². The molecule has 26 heavy (non-hydrogen) atoms. The van der Waals surface area contributed by atoms with Gasteiger partial charge in [0.15, 0.2) is 11.5 Å². The summed E-state index contributed by atoms with van der Waals surface area (Å²) in [5.74, 6) is 1.32. The molecule has 5 heteroatoms. The van der Waals surface area contributed by atoms with E-state index in [1.807, 2.05) is 72.8 Å². The molecule has 132 valence electrons. The summed E-state index contributed by atoms with van der Waals surface area (Å²) < 4.78 is 12.5. The van der Waals surface area contributed by atoms with E-state index in [-0.39, 0.29) is 0 Å². The molecule has 0 atom stereocenters. The van der Waals surface area contributed by atoms with Crippen molar-refractivity contribution in [3.63, 3.8) is 0 Å². The SMILES string of the molecule is COc1cccc(C=NNc2ccccc2)c1OCc1ccccc1Br. The van der Waals surface area contributed by atoms with Crippen LogP contribution in [0.2, 0.25) is 0 Å². The van der Waals surface area contributed by atoms with E-state index in [1.54, 1.807) is 13.3 Å². The molecule has 3 aromatic carbocycles. The van der Waals surface area contributed by atoms with Crippen molar-refractivity contribution < 1.29 is 9.47 Å². The first-order chi connectivity index (χ1) is 12.8. The Bertz CT molecular complexity index is 882. The molecule has 0 heterocycles. The molecular weight excluding hydrogens is 392 g/mol. The van der Waals surface area contributed by atoms with Gasteiger partial charge in [-0.2, -0.15) is 5.10 Å². The lowest BCUT2D eigenvalue weighted by molar-refractivity contribution is 0.283. The van der Waals surface area contributed by atoms with Gasteiger partial charge in [-0.15, -0.1) is 0 Å². The average molecular weight is 411 g/mol. The Morgan fingerprint density at radius 1 is 0.962 bits per heavy atom. The summed E-state index contributed by atoms with van der Waals surface area (Å²) in [6.07, 6.45) is 1.73. The molecule has 0 aliphatic rings. The van der Waals surface area contributed by atoms with Crippen molar-refractivity contribution in [2.45, 2.75) is 6.61 Å². The number of methoxy groups -OCH3 is 1. The topological polar surface area (TPSA) is 42.8 Å². The Balaban J connectivity index is 1.78. The second-order valence-electron chi connectivity index (χ2n) is 5.49. The van der Waals surface area contributed by atoms with Crippen LogP contribution in [0.1, 0.15) is 11.1 Å². The van der Waals surface area contributed by atoms with Crippen LogP contribution in [0.15, 0.2) is 82.4 Å². The van der Waals surface area contributed by atoms with Gasteiger partial charge in [0.1, 0.15) is 6.61 Å². The number of rotatable bonds is 7. The van der Waals surface area contributed by atoms with Gasteiger partial charge in [0.2, 0.25) is 0 Å². The van der Waals surface area contributed by atoms with E-state index < -0.39 is 0 Å². The summed E-state index contributed by atoms with van der Waals surface area (Å²) in [5.41, 5.74) is 5.82. The molecule has 0 radical (unpaired) electrons. The second-order valence-corrected chi connectivity index (χ2v) is 6.35. The predicted octanol–water partition coefficient (Wildman–Crippen LogP) is 5.48. The maximum Gasteiger partial charge on any atom is 0.170 e. The van der Waals surface area contributed by atoms with E-state index in [1.165, 1.54) is 0 Å². The highest BCUT2D eigenvalue weighted by molar-refractivity contribution is 9.10. The maximum absolute atomic E-state index is 6.05. The Morgan fingerprint density at radius 2 is 1.73 bits per heavy atom. The van der Waals surface area contributed by atoms with Crippen LogP contribution < -0.4 is 14.9 Å². The van der Waals surface area contributed by atoms with Gasteiger partial charge >= 0.3 is 0 Å². The number of anilines is 1. The first-order valence-electron chi connectivity index (χ1n) is 8.15. The minimum absolute atomic E-state index is 0.425. The van der Waals surface area contributed by atoms with E-state index in [9.17, 15) is 0 Å². The van der Waals surface area contributed by atoms with Gasteiger partial charge in [-0.1, -0.05) is 58.4 Å². The fourth-order valence-electron chi connectivity index (χ4n) is 2.40. The van der Waals surface area contributed by atoms with Crippen LogP contribution in [0.3, 0.4) is 0 Å². The van der Waals surface area contributed by atoms with E-state index in [2.05, 4.69) is 26.5 Å². The number of ether oxygens (including phenoxy) is 2. The minimum Gasteiger partial charge on any atom is -0.493 e. The standard InChI is InChI=1S/C21H19BrN2O2/c1-25-20-13-7-9-16(14-23-24-18-10-3-2-4-11-18)21(20)26-15-17-8-5-6-12-19(17)22/h2-14,24H,15H2,1H3. The molecule has 0 spiro atoms. The molecule has 0 bridgehead atoms. The van der Waals surface area contributed by atoms with Crippen LogP contribution in [0.4, 0.5) is 5.69 Å². The van der Waals surface area contributed by atoms with Crippen molar-refractivity contribution in [3.8, 4) is 11.5 Å². The highest BCUT2D eigenvalue weighted by atomic mass is 79.9. The zero-order valence-corrected chi connectivity index (χ0v) is 15.9. The van der Waals surface area contributed by atoms with Crippen molar-refractivity contribution in [3.05, 3.63) is 88.4 Å². The van der Waals surface area contributed by atoms with Gasteiger partial charge in [-0.3, -0.25) is 5.43 Å². The number of hydrazone groups is 1. The zero-order chi connectivity index (χ0) is 18.2. The van der Waals surface area contributed by atoms with E-state index >= 15 is 0 Å². The van der Waals surface area contributed by atoms with Crippen LogP contribution in [-0.4, -0.2) is 13.3 Å². The van der Waals surface area contributed by atoms with E-state index in [0.29, 0.717) is 18.1 Å². The lowest BCUT2D eigenvalue weighted by atomic mass is 10.2. The van der Waals surface area contributed by atoms with E-state index in [0.717, 1.165) is 21.3 Å². The van der Waals surface area contributed by atoms with Crippen molar-refractivity contribution in [1.29, 1.82) is 0 Å². The van der Waals surface area contributed by atoms with Crippen LogP contribution in [-0.2, 0) is 6.61 Å². The molecule has 0 aromatic heterocycles. The van der Waals surface area contributed by atoms with Gasteiger partial charge < -0.3 is 9.47 Å². The molecule has 0 saturated carbocycles. The van der Waals surface area contributed by atoms with Crippen LogP contribution in [0.5, 0.6) is 11.5 Å². The molecule has 3 rings (SSSR count). The Hall–Kier alpha value is -2.79. The molecular formula is C21H19BrN2O2. The molecule has 4 nitrogen and oxygen atoms in total. The Kier molecular flexibility index (Phi) is 6.28. The normalized spacial score (nSPS) is 10.7. The van der Waals surface area contributed by atoms with Crippen molar-refractivity contribution in [2.75, 3.05) is 12.5 Å². The number of para-hydroxylation sites is 2. The highest BCUT2D eigenvalue weighted by Crippen LogP contribution is 2.31. The largest absolute Gasteiger partial charge is 0.493 e. The summed E-state index contributed by atoms with van der Waals surface area (Å²) in [6.45, 7) is 0.425. The number of hydrogen-bond donors (Lipinski definition) is 1. The molecule has 0 fully saturated rings. The summed E-state index contributed by atoms with van der Waals surface area (Å²) in [4.78, 5) is 0. The Labute approximate surface area is 161 Å². The number of benzene rings is 3. The molecule has 1 N–H and O–H groups in total. The first kappa shape index (κ1) is 18.0. The predicted molar refractivity (Wildman–Crippen MR) is 109 cm³/mol. The van der Waals surface area contributed by atoms with Gasteiger partial charge in [0.05, 0.1) is 19.0 Å². The first-order valence-corrected chi connectivity index (χ1v) is 8.94. The van der Waals surface area contributed by atoms with Crippen LogP contribution in [0, 0.1) is 0 Å². The molecule has 3 aromatic rings. The van der Waals surface area contributed by atoms with Crippen LogP contribution >= 0.6 is 15.9 Å². The monoisotopic (exact) mass is 410 g/mol. The molecule has 0 aliphatic carbocycles. The smallest absolute Gasteiger partial charge is 0.170 e. The fraction of sp³-hybridized carbons (Fsp3) is 0.0952. The van der Waals surface area contributed by atoms with Crippen LogP contribution in [0.25, 0.3) is 0 Å². The third-order valence-corrected chi connectivity index (χ3v) is 4.50. The summed E-state index contributed by atoms with van der Waals surface area (Å²) >= 11 is 3.54. The number of halogens is 1. The third-order valence-electron chi connectivity index (χ3n) is 3.73. The molecule has 0 unspecified atom stereocenters. The molecule has 0 aliphatic heterocycles. The lowest BCUT2D eigenvalue weighted by Gasteiger charge is -2.14. The number of nitrogens with zero attached hydrogens (tertiary/aromatic N) is 1. The minimum atomic E-state index is 0.425. The Morgan fingerprint density at radius 3 is 2.50 bits per heavy atom. The van der Waals surface area contributed by atoms with Crippen molar-refractivity contribution in [1.82, 2.24) is 0 Å². The van der Waals surface area contributed by atoms with E-state index in [4.69, 9.17) is 9.47 Å². The summed E-state index contributed by atoms with van der Waals surface area (Å²) in [7, 11) is 1.63.